The molecule has 150 valence electrons. The maximum atomic E-state index is 12.4. The van der Waals surface area contributed by atoms with Crippen molar-refractivity contribution >= 4 is 5.91 Å². The SMILES string of the molecule is Cc1cc(-c2ccc(C(C(N)=O)c3ccc(-c4ccccc4)nc3)cc2C#N)ccn1. The number of pyridine rings is 2. The first-order chi connectivity index (χ1) is 15.1. The fraction of sp³-hybridized carbons (Fsp3) is 0.0769. The molecule has 0 spiro atoms. The summed E-state index contributed by atoms with van der Waals surface area (Å²) in [4.78, 5) is 21.1. The molecule has 31 heavy (non-hydrogen) atoms. The predicted molar refractivity (Wildman–Crippen MR) is 120 cm³/mol. The smallest absolute Gasteiger partial charge is 0.229 e. The Balaban J connectivity index is 1.72. The van der Waals surface area contributed by atoms with Gasteiger partial charge in [0, 0.05) is 23.7 Å². The van der Waals surface area contributed by atoms with Gasteiger partial charge in [-0.15, -0.1) is 0 Å². The van der Waals surface area contributed by atoms with Crippen molar-refractivity contribution < 1.29 is 4.79 Å². The largest absolute Gasteiger partial charge is 0.369 e. The second-order valence-electron chi connectivity index (χ2n) is 7.28. The number of nitrogens with two attached hydrogens (primary N) is 1. The van der Waals surface area contributed by atoms with Gasteiger partial charge in [0.1, 0.15) is 0 Å². The van der Waals surface area contributed by atoms with E-state index in [0.717, 1.165) is 28.1 Å². The fourth-order valence-electron chi connectivity index (χ4n) is 3.68. The number of carbonyl (C=O) groups is 1. The van der Waals surface area contributed by atoms with Crippen LogP contribution in [0, 0.1) is 18.3 Å². The molecular weight excluding hydrogens is 384 g/mol. The lowest BCUT2D eigenvalue weighted by Crippen LogP contribution is -2.22. The molecule has 1 amide bonds. The average Bonchev–Trinajstić information content (AvgIpc) is 2.80. The summed E-state index contributed by atoms with van der Waals surface area (Å²) in [6.45, 7) is 1.90. The van der Waals surface area contributed by atoms with Crippen LogP contribution < -0.4 is 5.73 Å². The Labute approximate surface area is 180 Å². The summed E-state index contributed by atoms with van der Waals surface area (Å²) >= 11 is 0. The van der Waals surface area contributed by atoms with Crippen LogP contribution in [0.25, 0.3) is 22.4 Å². The number of hydrogen-bond donors (Lipinski definition) is 1. The van der Waals surface area contributed by atoms with Crippen molar-refractivity contribution in [2.75, 3.05) is 0 Å². The third-order valence-corrected chi connectivity index (χ3v) is 5.18. The van der Waals surface area contributed by atoms with Gasteiger partial charge in [-0.05, 0) is 53.4 Å². The minimum absolute atomic E-state index is 0.475. The first-order valence-electron chi connectivity index (χ1n) is 9.84. The number of amides is 1. The van der Waals surface area contributed by atoms with E-state index in [9.17, 15) is 10.1 Å². The lowest BCUT2D eigenvalue weighted by atomic mass is 9.88. The Morgan fingerprint density at radius 3 is 2.35 bits per heavy atom. The third-order valence-electron chi connectivity index (χ3n) is 5.18. The molecule has 4 rings (SSSR count). The van der Waals surface area contributed by atoms with Crippen LogP contribution in [0.2, 0.25) is 0 Å². The van der Waals surface area contributed by atoms with E-state index in [1.165, 1.54) is 0 Å². The number of rotatable bonds is 5. The van der Waals surface area contributed by atoms with Crippen LogP contribution in [0.5, 0.6) is 0 Å². The highest BCUT2D eigenvalue weighted by molar-refractivity contribution is 5.86. The molecule has 0 aliphatic carbocycles. The highest BCUT2D eigenvalue weighted by atomic mass is 16.1. The second kappa shape index (κ2) is 8.60. The maximum absolute atomic E-state index is 12.4. The number of aryl methyl sites for hydroxylation is 1. The Kier molecular flexibility index (Phi) is 5.55. The number of benzene rings is 2. The van der Waals surface area contributed by atoms with Crippen LogP contribution in [0.1, 0.15) is 28.3 Å². The summed E-state index contributed by atoms with van der Waals surface area (Å²) in [6, 6.07) is 25.0. The zero-order valence-corrected chi connectivity index (χ0v) is 17.0. The number of hydrogen-bond acceptors (Lipinski definition) is 4. The van der Waals surface area contributed by atoms with E-state index in [2.05, 4.69) is 16.0 Å². The van der Waals surface area contributed by atoms with E-state index in [0.29, 0.717) is 16.7 Å². The molecule has 2 aromatic carbocycles. The van der Waals surface area contributed by atoms with Gasteiger partial charge in [-0.3, -0.25) is 14.8 Å². The van der Waals surface area contributed by atoms with Crippen molar-refractivity contribution in [3.63, 3.8) is 0 Å². The van der Waals surface area contributed by atoms with E-state index < -0.39 is 11.8 Å². The average molecular weight is 404 g/mol. The molecule has 5 nitrogen and oxygen atoms in total. The summed E-state index contributed by atoms with van der Waals surface area (Å²) in [6.07, 6.45) is 3.38. The molecule has 1 atom stereocenters. The first kappa shape index (κ1) is 20.0. The molecule has 2 aromatic heterocycles. The summed E-state index contributed by atoms with van der Waals surface area (Å²) in [5.41, 5.74) is 11.9. The van der Waals surface area contributed by atoms with Gasteiger partial charge in [0.25, 0.3) is 0 Å². The molecule has 2 N–H and O–H groups in total. The van der Waals surface area contributed by atoms with Gasteiger partial charge in [-0.1, -0.05) is 48.5 Å². The second-order valence-corrected chi connectivity index (χ2v) is 7.28. The maximum Gasteiger partial charge on any atom is 0.229 e. The minimum Gasteiger partial charge on any atom is -0.369 e. The van der Waals surface area contributed by atoms with E-state index in [1.807, 2.05) is 73.7 Å². The van der Waals surface area contributed by atoms with E-state index in [1.54, 1.807) is 18.5 Å². The molecule has 0 aliphatic heterocycles. The van der Waals surface area contributed by atoms with Gasteiger partial charge in [0.15, 0.2) is 0 Å². The number of aromatic nitrogens is 2. The van der Waals surface area contributed by atoms with Gasteiger partial charge < -0.3 is 5.73 Å². The van der Waals surface area contributed by atoms with Crippen LogP contribution in [0.15, 0.2) is 85.2 Å². The number of primary amides is 1. The molecular formula is C26H20N4O. The molecule has 0 saturated heterocycles. The number of carbonyl (C=O) groups excluding carboxylic acids is 1. The van der Waals surface area contributed by atoms with Crippen molar-refractivity contribution in [2.45, 2.75) is 12.8 Å². The molecule has 1 unspecified atom stereocenters. The van der Waals surface area contributed by atoms with Crippen molar-refractivity contribution in [2.24, 2.45) is 5.73 Å². The molecule has 0 aliphatic rings. The van der Waals surface area contributed by atoms with Gasteiger partial charge in [-0.25, -0.2) is 0 Å². The van der Waals surface area contributed by atoms with Crippen molar-refractivity contribution in [1.29, 1.82) is 5.26 Å². The summed E-state index contributed by atoms with van der Waals surface area (Å²) < 4.78 is 0. The number of nitrogens with zero attached hydrogens (tertiary/aromatic N) is 3. The third kappa shape index (κ3) is 4.19. The van der Waals surface area contributed by atoms with Crippen LogP contribution in [-0.4, -0.2) is 15.9 Å². The van der Waals surface area contributed by atoms with Gasteiger partial charge in [-0.2, -0.15) is 5.26 Å². The zero-order valence-electron chi connectivity index (χ0n) is 17.0. The normalized spacial score (nSPS) is 11.5. The van der Waals surface area contributed by atoms with Crippen LogP contribution in [0.4, 0.5) is 0 Å². The quantitative estimate of drug-likeness (QED) is 0.526. The van der Waals surface area contributed by atoms with E-state index in [4.69, 9.17) is 5.73 Å². The first-order valence-corrected chi connectivity index (χ1v) is 9.84. The van der Waals surface area contributed by atoms with E-state index in [-0.39, 0.29) is 0 Å². The Bertz CT molecular complexity index is 1280. The molecule has 5 heteroatoms. The summed E-state index contributed by atoms with van der Waals surface area (Å²) in [5, 5.41) is 9.73. The van der Waals surface area contributed by atoms with Crippen molar-refractivity contribution in [3.05, 3.63) is 108 Å². The van der Waals surface area contributed by atoms with Crippen LogP contribution in [-0.2, 0) is 4.79 Å². The highest BCUT2D eigenvalue weighted by Gasteiger charge is 2.22. The van der Waals surface area contributed by atoms with Gasteiger partial charge in [0.2, 0.25) is 5.91 Å². The summed E-state index contributed by atoms with van der Waals surface area (Å²) in [5.74, 6) is -1.19. The highest BCUT2D eigenvalue weighted by Crippen LogP contribution is 2.31. The minimum atomic E-state index is -0.697. The molecule has 0 fully saturated rings. The van der Waals surface area contributed by atoms with Crippen molar-refractivity contribution in [3.8, 4) is 28.5 Å². The summed E-state index contributed by atoms with van der Waals surface area (Å²) in [7, 11) is 0. The Hall–Kier alpha value is -4.30. The molecule has 0 bridgehead atoms. The van der Waals surface area contributed by atoms with Gasteiger partial charge in [0.05, 0.1) is 23.2 Å². The molecule has 4 aromatic rings. The predicted octanol–water partition coefficient (Wildman–Crippen LogP) is 4.61. The van der Waals surface area contributed by atoms with Crippen LogP contribution >= 0.6 is 0 Å². The molecule has 0 radical (unpaired) electrons. The lowest BCUT2D eigenvalue weighted by molar-refractivity contribution is -0.118. The topological polar surface area (TPSA) is 92.7 Å². The lowest BCUT2D eigenvalue weighted by Gasteiger charge is -2.16. The Morgan fingerprint density at radius 1 is 0.935 bits per heavy atom. The monoisotopic (exact) mass is 404 g/mol. The van der Waals surface area contributed by atoms with Crippen molar-refractivity contribution in [1.82, 2.24) is 9.97 Å². The Morgan fingerprint density at radius 2 is 1.71 bits per heavy atom. The molecule has 2 heterocycles. The van der Waals surface area contributed by atoms with E-state index >= 15 is 0 Å². The molecule has 0 saturated carbocycles. The van der Waals surface area contributed by atoms with Gasteiger partial charge >= 0.3 is 0 Å². The standard InChI is InChI=1S/C26H20N4O/c1-17-13-19(11-12-29-17)23-9-7-20(14-22(23)15-27)25(26(28)31)21-8-10-24(30-16-21)18-5-3-2-4-6-18/h2-14,16,25H,1H3,(H2,28,31). The number of nitriles is 1. The fourth-order valence-corrected chi connectivity index (χ4v) is 3.68. The van der Waals surface area contributed by atoms with Crippen LogP contribution in [0.3, 0.4) is 0 Å². The zero-order chi connectivity index (χ0) is 21.8.